The Hall–Kier alpha value is -1.29. The molecule has 1 aromatic rings. The lowest BCUT2D eigenvalue weighted by Crippen LogP contribution is -2.18. The van der Waals surface area contributed by atoms with Crippen LogP contribution in [0.25, 0.3) is 0 Å². The number of ether oxygens (including phenoxy) is 1. The summed E-state index contributed by atoms with van der Waals surface area (Å²) in [6.07, 6.45) is 1.89. The van der Waals surface area contributed by atoms with E-state index in [1.54, 1.807) is 19.1 Å². The third-order valence-electron chi connectivity index (χ3n) is 2.62. The van der Waals surface area contributed by atoms with Crippen LogP contribution >= 0.6 is 11.8 Å². The zero-order chi connectivity index (χ0) is 14.1. The summed E-state index contributed by atoms with van der Waals surface area (Å²) in [5.41, 5.74) is 0.666. The van der Waals surface area contributed by atoms with E-state index in [-0.39, 0.29) is 17.0 Å². The van der Waals surface area contributed by atoms with Crippen LogP contribution < -0.4 is 0 Å². The van der Waals surface area contributed by atoms with Crippen molar-refractivity contribution in [3.63, 3.8) is 0 Å². The molecule has 0 heterocycles. The average molecular weight is 280 g/mol. The maximum atomic E-state index is 11.8. The van der Waals surface area contributed by atoms with Gasteiger partial charge in [0.25, 0.3) is 0 Å². The van der Waals surface area contributed by atoms with E-state index in [2.05, 4.69) is 0 Å². The second-order valence-corrected chi connectivity index (χ2v) is 5.38. The fraction of sp³-hybridized carbons (Fsp3) is 0.467. The van der Waals surface area contributed by atoms with Gasteiger partial charge in [0.15, 0.2) is 0 Å². The molecule has 3 nitrogen and oxygen atoms in total. The molecule has 1 aromatic carbocycles. The molecular weight excluding hydrogens is 260 g/mol. The number of hydrogen-bond donors (Lipinski definition) is 0. The Labute approximate surface area is 118 Å². The van der Waals surface area contributed by atoms with Gasteiger partial charge < -0.3 is 4.74 Å². The highest BCUT2D eigenvalue weighted by Gasteiger charge is 2.16. The van der Waals surface area contributed by atoms with Crippen LogP contribution in [0.5, 0.6) is 0 Å². The summed E-state index contributed by atoms with van der Waals surface area (Å²) < 4.78 is 5.12. The molecular formula is C15H20O3S. The first-order valence-corrected chi connectivity index (χ1v) is 7.52. The van der Waals surface area contributed by atoms with Crippen LogP contribution in [0, 0.1) is 5.92 Å². The first-order valence-electron chi connectivity index (χ1n) is 6.54. The smallest absolute Gasteiger partial charge is 0.309 e. The van der Waals surface area contributed by atoms with E-state index >= 15 is 0 Å². The van der Waals surface area contributed by atoms with Crippen molar-refractivity contribution in [2.45, 2.75) is 26.7 Å². The first kappa shape index (κ1) is 15.8. The minimum absolute atomic E-state index is 0.00573. The van der Waals surface area contributed by atoms with Gasteiger partial charge in [0.05, 0.1) is 12.5 Å². The summed E-state index contributed by atoms with van der Waals surface area (Å²) in [6, 6.07) is 9.08. The van der Waals surface area contributed by atoms with Gasteiger partial charge in [-0.05, 0) is 6.42 Å². The van der Waals surface area contributed by atoms with Gasteiger partial charge in [0.2, 0.25) is 5.12 Å². The molecule has 0 amide bonds. The molecule has 0 aliphatic heterocycles. The van der Waals surface area contributed by atoms with E-state index in [4.69, 9.17) is 4.74 Å². The number of carbonyl (C=O) groups excluding carboxylic acids is 2. The highest BCUT2D eigenvalue weighted by molar-refractivity contribution is 8.14. The summed E-state index contributed by atoms with van der Waals surface area (Å²) in [5, 5.41) is -0.00573. The molecule has 0 aromatic heterocycles. The lowest BCUT2D eigenvalue weighted by atomic mass is 10.2. The molecule has 0 saturated heterocycles. The van der Waals surface area contributed by atoms with Crippen LogP contribution in [-0.2, 0) is 9.53 Å². The van der Waals surface area contributed by atoms with Crippen molar-refractivity contribution in [1.82, 2.24) is 0 Å². The molecule has 104 valence electrons. The number of unbranched alkanes of at least 4 members (excludes halogenated alkanes) is 1. The van der Waals surface area contributed by atoms with Gasteiger partial charge in [0, 0.05) is 11.3 Å². The minimum Gasteiger partial charge on any atom is -0.465 e. The standard InChI is InChI=1S/C15H20O3S/c1-3-4-10-18-14(16)12(2)11-19-15(17)13-8-6-5-7-9-13/h5-9,12H,3-4,10-11H2,1-2H3. The topological polar surface area (TPSA) is 43.4 Å². The summed E-state index contributed by atoms with van der Waals surface area (Å²) in [6.45, 7) is 4.31. The molecule has 0 N–H and O–H groups in total. The Kier molecular flexibility index (Phi) is 7.26. The monoisotopic (exact) mass is 280 g/mol. The minimum atomic E-state index is -0.255. The van der Waals surface area contributed by atoms with Crippen LogP contribution in [0.2, 0.25) is 0 Å². The molecule has 19 heavy (non-hydrogen) atoms. The maximum Gasteiger partial charge on any atom is 0.309 e. The number of carbonyl (C=O) groups is 2. The van der Waals surface area contributed by atoms with Gasteiger partial charge in [-0.1, -0.05) is 62.4 Å². The van der Waals surface area contributed by atoms with Gasteiger partial charge in [0.1, 0.15) is 0 Å². The fourth-order valence-corrected chi connectivity index (χ4v) is 2.23. The summed E-state index contributed by atoms with van der Waals surface area (Å²) in [5.74, 6) is -0.0186. The Balaban J connectivity index is 2.31. The van der Waals surface area contributed by atoms with Gasteiger partial charge in [-0.15, -0.1) is 0 Å². The highest BCUT2D eigenvalue weighted by Crippen LogP contribution is 2.16. The van der Waals surface area contributed by atoms with Crippen LogP contribution in [-0.4, -0.2) is 23.4 Å². The van der Waals surface area contributed by atoms with Crippen molar-refractivity contribution in [3.8, 4) is 0 Å². The first-order chi connectivity index (χ1) is 9.15. The molecule has 0 radical (unpaired) electrons. The molecule has 0 spiro atoms. The lowest BCUT2D eigenvalue weighted by molar-refractivity contribution is -0.147. The molecule has 0 saturated carbocycles. The van der Waals surface area contributed by atoms with Crippen molar-refractivity contribution in [1.29, 1.82) is 0 Å². The van der Waals surface area contributed by atoms with Gasteiger partial charge >= 0.3 is 5.97 Å². The van der Waals surface area contributed by atoms with Crippen molar-refractivity contribution >= 4 is 22.8 Å². The Morgan fingerprint density at radius 3 is 2.58 bits per heavy atom. The molecule has 0 bridgehead atoms. The Morgan fingerprint density at radius 2 is 1.95 bits per heavy atom. The average Bonchev–Trinajstić information content (AvgIpc) is 2.45. The van der Waals surface area contributed by atoms with E-state index in [0.717, 1.165) is 12.8 Å². The molecule has 0 fully saturated rings. The van der Waals surface area contributed by atoms with E-state index in [1.165, 1.54) is 11.8 Å². The third kappa shape index (κ3) is 5.92. The number of esters is 1. The second kappa shape index (κ2) is 8.75. The number of rotatable bonds is 7. The van der Waals surface area contributed by atoms with Crippen molar-refractivity contribution in [2.24, 2.45) is 5.92 Å². The Bertz CT molecular complexity index is 403. The van der Waals surface area contributed by atoms with Gasteiger partial charge in [-0.3, -0.25) is 9.59 Å². The van der Waals surface area contributed by atoms with Crippen molar-refractivity contribution in [3.05, 3.63) is 35.9 Å². The largest absolute Gasteiger partial charge is 0.465 e. The van der Waals surface area contributed by atoms with E-state index in [9.17, 15) is 9.59 Å². The van der Waals surface area contributed by atoms with Crippen molar-refractivity contribution in [2.75, 3.05) is 12.4 Å². The van der Waals surface area contributed by atoms with Crippen LogP contribution in [0.15, 0.2) is 30.3 Å². The molecule has 0 aliphatic carbocycles. The number of hydrogen-bond acceptors (Lipinski definition) is 4. The van der Waals surface area contributed by atoms with Crippen molar-refractivity contribution < 1.29 is 14.3 Å². The molecule has 0 aliphatic rings. The van der Waals surface area contributed by atoms with Crippen LogP contribution in [0.1, 0.15) is 37.0 Å². The predicted octanol–water partition coefficient (Wildman–Crippen LogP) is 3.54. The molecule has 4 heteroatoms. The quantitative estimate of drug-likeness (QED) is 0.566. The van der Waals surface area contributed by atoms with Crippen LogP contribution in [0.4, 0.5) is 0 Å². The number of benzene rings is 1. The second-order valence-electron chi connectivity index (χ2n) is 4.39. The number of thioether (sulfide) groups is 1. The third-order valence-corrected chi connectivity index (χ3v) is 3.78. The normalized spacial score (nSPS) is 11.9. The highest BCUT2D eigenvalue weighted by atomic mass is 32.2. The van der Waals surface area contributed by atoms with E-state index in [0.29, 0.717) is 17.9 Å². The Morgan fingerprint density at radius 1 is 1.26 bits per heavy atom. The molecule has 1 rings (SSSR count). The fourth-order valence-electron chi connectivity index (χ4n) is 1.39. The summed E-state index contributed by atoms with van der Waals surface area (Å²) >= 11 is 1.17. The van der Waals surface area contributed by atoms with Gasteiger partial charge in [-0.2, -0.15) is 0 Å². The van der Waals surface area contributed by atoms with Crippen LogP contribution in [0.3, 0.4) is 0 Å². The molecule has 1 atom stereocenters. The predicted molar refractivity (Wildman–Crippen MR) is 78.3 cm³/mol. The summed E-state index contributed by atoms with van der Waals surface area (Å²) in [7, 11) is 0. The van der Waals surface area contributed by atoms with Gasteiger partial charge in [-0.25, -0.2) is 0 Å². The lowest BCUT2D eigenvalue weighted by Gasteiger charge is -2.10. The van der Waals surface area contributed by atoms with E-state index in [1.807, 2.05) is 25.1 Å². The zero-order valence-electron chi connectivity index (χ0n) is 11.4. The maximum absolute atomic E-state index is 11.8. The molecule has 1 unspecified atom stereocenters. The SMILES string of the molecule is CCCCOC(=O)C(C)CSC(=O)c1ccccc1. The van der Waals surface area contributed by atoms with E-state index < -0.39 is 0 Å². The summed E-state index contributed by atoms with van der Waals surface area (Å²) in [4.78, 5) is 23.5. The zero-order valence-corrected chi connectivity index (χ0v) is 12.2.